The molecule has 0 amide bonds. The minimum absolute atomic E-state index is 0.266. The zero-order chi connectivity index (χ0) is 24.6. The summed E-state index contributed by atoms with van der Waals surface area (Å²) < 4.78 is 72.1. The lowest BCUT2D eigenvalue weighted by Gasteiger charge is -2.23. The highest BCUT2D eigenvalue weighted by Gasteiger charge is 2.31. The van der Waals surface area contributed by atoms with Gasteiger partial charge in [-0.15, -0.1) is 0 Å². The molecular weight excluding hydrogens is 455 g/mol. The van der Waals surface area contributed by atoms with Gasteiger partial charge in [0.2, 0.25) is 10.0 Å². The summed E-state index contributed by atoms with van der Waals surface area (Å²) in [6.07, 6.45) is 0.433. The molecule has 0 saturated carbocycles. The number of esters is 1. The normalized spacial score (nSPS) is 13.6. The van der Waals surface area contributed by atoms with Gasteiger partial charge in [0, 0.05) is 0 Å². The van der Waals surface area contributed by atoms with Crippen molar-refractivity contribution in [3.05, 3.63) is 76.9 Å². The highest BCUT2D eigenvalue weighted by atomic mass is 32.2. The van der Waals surface area contributed by atoms with Gasteiger partial charge < -0.3 is 4.74 Å². The molecule has 2 rings (SSSR count). The molecule has 9 heteroatoms. The molecule has 5 nitrogen and oxygen atoms in total. The van der Waals surface area contributed by atoms with Crippen molar-refractivity contribution in [2.75, 3.05) is 7.11 Å². The summed E-state index contributed by atoms with van der Waals surface area (Å²) in [6, 6.07) is 9.01. The smallest absolute Gasteiger partial charge is 0.416 e. The zero-order valence-corrected chi connectivity index (χ0v) is 19.6. The van der Waals surface area contributed by atoms with Crippen LogP contribution in [0.5, 0.6) is 0 Å². The first-order chi connectivity index (χ1) is 15.5. The van der Waals surface area contributed by atoms with Gasteiger partial charge in [0.05, 0.1) is 29.2 Å². The van der Waals surface area contributed by atoms with E-state index in [9.17, 15) is 26.4 Å². The van der Waals surface area contributed by atoms with E-state index in [1.54, 1.807) is 24.3 Å². The number of carbonyl (C=O) groups excluding carboxylic acids is 1. The Morgan fingerprint density at radius 1 is 1.03 bits per heavy atom. The number of carbonyl (C=O) groups is 1. The van der Waals surface area contributed by atoms with E-state index < -0.39 is 33.8 Å². The molecule has 33 heavy (non-hydrogen) atoms. The second-order valence-electron chi connectivity index (χ2n) is 7.51. The Balaban J connectivity index is 2.47. The first-order valence-corrected chi connectivity index (χ1v) is 12.1. The predicted molar refractivity (Wildman–Crippen MR) is 120 cm³/mol. The van der Waals surface area contributed by atoms with Crippen LogP contribution in [0.2, 0.25) is 0 Å². The molecule has 0 saturated heterocycles. The first kappa shape index (κ1) is 26.6. The fraction of sp³-hybridized carbons (Fsp3) is 0.375. The first-order valence-electron chi connectivity index (χ1n) is 10.6. The van der Waals surface area contributed by atoms with Crippen molar-refractivity contribution in [1.29, 1.82) is 0 Å². The maximum Gasteiger partial charge on any atom is 0.416 e. The van der Waals surface area contributed by atoms with Crippen molar-refractivity contribution in [3.63, 3.8) is 0 Å². The molecule has 0 fully saturated rings. The number of rotatable bonds is 10. The summed E-state index contributed by atoms with van der Waals surface area (Å²) in [5, 5.41) is 0. The number of sulfonamides is 1. The van der Waals surface area contributed by atoms with E-state index in [2.05, 4.69) is 4.72 Å². The average molecular weight is 484 g/mol. The third-order valence-corrected chi connectivity index (χ3v) is 6.47. The van der Waals surface area contributed by atoms with E-state index in [4.69, 9.17) is 4.74 Å². The molecule has 0 radical (unpaired) electrons. The standard InChI is InChI=1S/C24H28F3NO4S/c1-4-6-8-17(7-5-2)22(18-9-11-19(12-10-18)23(29)32-3)28-33(30,31)21-15-13-20(14-16-21)24(25,26)27/h8-16,22,28H,4-7H2,1-3H3/b17-8+/t22-/m1/s1. The van der Waals surface area contributed by atoms with Crippen LogP contribution in [0.4, 0.5) is 13.2 Å². The van der Waals surface area contributed by atoms with Crippen LogP contribution in [0, 0.1) is 0 Å². The van der Waals surface area contributed by atoms with Crippen molar-refractivity contribution in [1.82, 2.24) is 4.72 Å². The number of unbranched alkanes of at least 4 members (excludes halogenated alkanes) is 1. The third kappa shape index (κ3) is 7.17. The van der Waals surface area contributed by atoms with Crippen LogP contribution in [0.1, 0.15) is 67.1 Å². The molecule has 0 bridgehead atoms. The van der Waals surface area contributed by atoms with Gasteiger partial charge in [-0.3, -0.25) is 0 Å². The van der Waals surface area contributed by atoms with E-state index in [-0.39, 0.29) is 4.90 Å². The highest BCUT2D eigenvalue weighted by molar-refractivity contribution is 7.89. The molecule has 0 heterocycles. The Kier molecular flexibility index (Phi) is 9.25. The number of ether oxygens (including phenoxy) is 1. The molecule has 2 aromatic rings. The van der Waals surface area contributed by atoms with Crippen LogP contribution >= 0.6 is 0 Å². The lowest BCUT2D eigenvalue weighted by molar-refractivity contribution is -0.137. The van der Waals surface area contributed by atoms with Crippen molar-refractivity contribution in [2.24, 2.45) is 0 Å². The molecule has 0 aliphatic rings. The van der Waals surface area contributed by atoms with E-state index in [1.807, 2.05) is 19.9 Å². The van der Waals surface area contributed by atoms with Crippen LogP contribution in [0.3, 0.4) is 0 Å². The van der Waals surface area contributed by atoms with E-state index in [0.29, 0.717) is 17.5 Å². The largest absolute Gasteiger partial charge is 0.465 e. The molecule has 2 aromatic carbocycles. The van der Waals surface area contributed by atoms with Gasteiger partial charge in [0.25, 0.3) is 0 Å². The lowest BCUT2D eigenvalue weighted by atomic mass is 9.94. The minimum Gasteiger partial charge on any atom is -0.465 e. The second-order valence-corrected chi connectivity index (χ2v) is 9.22. The Hall–Kier alpha value is -2.65. The molecule has 0 spiro atoms. The van der Waals surface area contributed by atoms with E-state index in [1.165, 1.54) is 7.11 Å². The van der Waals surface area contributed by atoms with Gasteiger partial charge in [0.1, 0.15) is 0 Å². The van der Waals surface area contributed by atoms with Gasteiger partial charge in [-0.2, -0.15) is 17.9 Å². The monoisotopic (exact) mass is 483 g/mol. The summed E-state index contributed by atoms with van der Waals surface area (Å²) in [4.78, 5) is 11.5. The molecule has 180 valence electrons. The molecular formula is C24H28F3NO4S. The average Bonchev–Trinajstić information content (AvgIpc) is 2.79. The number of methoxy groups -OCH3 is 1. The molecule has 0 aromatic heterocycles. The van der Waals surface area contributed by atoms with Crippen molar-refractivity contribution < 1.29 is 31.1 Å². The number of nitrogens with one attached hydrogen (secondary N) is 1. The zero-order valence-electron chi connectivity index (χ0n) is 18.8. The molecule has 0 unspecified atom stereocenters. The fourth-order valence-corrected chi connectivity index (χ4v) is 4.54. The highest BCUT2D eigenvalue weighted by Crippen LogP contribution is 2.31. The topological polar surface area (TPSA) is 72.5 Å². The number of allylic oxidation sites excluding steroid dienone is 1. The predicted octanol–water partition coefficient (Wildman–Crippen LogP) is 6.04. The van der Waals surface area contributed by atoms with Crippen LogP contribution in [0.25, 0.3) is 0 Å². The Bertz CT molecular complexity index is 1060. The van der Waals surface area contributed by atoms with Crippen molar-refractivity contribution >= 4 is 16.0 Å². The number of hydrogen-bond acceptors (Lipinski definition) is 4. The quantitative estimate of drug-likeness (QED) is 0.330. The minimum atomic E-state index is -4.56. The van der Waals surface area contributed by atoms with Crippen molar-refractivity contribution in [3.8, 4) is 0 Å². The van der Waals surface area contributed by atoms with Gasteiger partial charge >= 0.3 is 12.1 Å². The number of benzene rings is 2. The molecule has 0 aliphatic carbocycles. The maximum atomic E-state index is 13.1. The summed E-state index contributed by atoms with van der Waals surface area (Å²) in [7, 11) is -2.87. The maximum absolute atomic E-state index is 13.1. The summed E-state index contributed by atoms with van der Waals surface area (Å²) in [5.74, 6) is -0.515. The summed E-state index contributed by atoms with van der Waals surface area (Å²) >= 11 is 0. The van der Waals surface area contributed by atoms with Crippen LogP contribution in [0.15, 0.2) is 65.1 Å². The van der Waals surface area contributed by atoms with Crippen LogP contribution < -0.4 is 4.72 Å². The Morgan fingerprint density at radius 3 is 2.12 bits per heavy atom. The van der Waals surface area contributed by atoms with Gasteiger partial charge in [0.15, 0.2) is 0 Å². The second kappa shape index (κ2) is 11.5. The number of halogens is 3. The van der Waals surface area contributed by atoms with Gasteiger partial charge in [-0.05, 0) is 54.8 Å². The van der Waals surface area contributed by atoms with Crippen molar-refractivity contribution in [2.45, 2.75) is 56.6 Å². The van der Waals surface area contributed by atoms with Crippen LogP contribution in [-0.2, 0) is 20.9 Å². The van der Waals surface area contributed by atoms with E-state index in [0.717, 1.165) is 49.1 Å². The summed E-state index contributed by atoms with van der Waals surface area (Å²) in [5.41, 5.74) is 0.848. The molecule has 0 aliphatic heterocycles. The molecule has 1 atom stereocenters. The fourth-order valence-electron chi connectivity index (χ4n) is 3.32. The van der Waals surface area contributed by atoms with E-state index >= 15 is 0 Å². The summed E-state index contributed by atoms with van der Waals surface area (Å²) in [6.45, 7) is 3.98. The number of alkyl halides is 3. The Labute approximate surface area is 192 Å². The number of hydrogen-bond donors (Lipinski definition) is 1. The van der Waals surface area contributed by atoms with Crippen LogP contribution in [-0.4, -0.2) is 21.5 Å². The third-order valence-electron chi connectivity index (χ3n) is 5.03. The van der Waals surface area contributed by atoms with Gasteiger partial charge in [-0.1, -0.05) is 50.5 Å². The van der Waals surface area contributed by atoms with Gasteiger partial charge in [-0.25, -0.2) is 13.2 Å². The Morgan fingerprint density at radius 2 is 1.64 bits per heavy atom. The SMILES string of the molecule is CCC/C=C(\CCC)[C@@H](NS(=O)(=O)c1ccc(C(F)(F)F)cc1)c1ccc(C(=O)OC)cc1. The lowest BCUT2D eigenvalue weighted by Crippen LogP contribution is -2.30. The molecule has 1 N–H and O–H groups in total.